The summed E-state index contributed by atoms with van der Waals surface area (Å²) < 4.78 is 17.6. The molecule has 2 rings (SSSR count). The van der Waals surface area contributed by atoms with Crippen LogP contribution in [0.25, 0.3) is 0 Å². The molecule has 2 aliphatic heterocycles. The molecule has 0 aliphatic carbocycles. The number of nitrogens with zero attached hydrogens (tertiary/aromatic N) is 1. The molecular formula is C8H14FN3O. The predicted octanol–water partition coefficient (Wildman–Crippen LogP) is -0.687. The quantitative estimate of drug-likeness (QED) is 0.563. The van der Waals surface area contributed by atoms with Crippen LogP contribution in [0.5, 0.6) is 0 Å². The maximum Gasteiger partial charge on any atom is 0.125 e. The Labute approximate surface area is 76.6 Å². The second-order valence-electron chi connectivity index (χ2n) is 3.38. The van der Waals surface area contributed by atoms with Crippen molar-refractivity contribution in [1.82, 2.24) is 10.6 Å². The van der Waals surface area contributed by atoms with Crippen LogP contribution in [0.2, 0.25) is 0 Å². The third-order valence-corrected chi connectivity index (χ3v) is 2.18. The summed E-state index contributed by atoms with van der Waals surface area (Å²) in [5.41, 5.74) is 0. The lowest BCUT2D eigenvalue weighted by Crippen LogP contribution is -2.54. The molecule has 0 atom stereocenters. The molecule has 2 aliphatic rings. The van der Waals surface area contributed by atoms with Crippen LogP contribution < -0.4 is 10.6 Å². The van der Waals surface area contributed by atoms with Crippen LogP contribution in [0.15, 0.2) is 4.99 Å². The van der Waals surface area contributed by atoms with E-state index < -0.39 is 6.17 Å². The van der Waals surface area contributed by atoms with E-state index in [4.69, 9.17) is 4.74 Å². The smallest absolute Gasteiger partial charge is 0.125 e. The van der Waals surface area contributed by atoms with Crippen LogP contribution in [-0.4, -0.2) is 50.9 Å². The van der Waals surface area contributed by atoms with E-state index in [9.17, 15) is 4.39 Å². The van der Waals surface area contributed by atoms with Gasteiger partial charge >= 0.3 is 0 Å². The average molecular weight is 187 g/mol. The molecule has 0 saturated carbocycles. The lowest BCUT2D eigenvalue weighted by atomic mass is 10.2. The third kappa shape index (κ3) is 2.46. The molecule has 0 aromatic heterocycles. The van der Waals surface area contributed by atoms with Gasteiger partial charge in [0, 0.05) is 19.3 Å². The van der Waals surface area contributed by atoms with Crippen molar-refractivity contribution < 1.29 is 9.13 Å². The molecule has 74 valence electrons. The SMILES string of the molecule is FC1CNC(/C=N\C2COC2)NC1. The van der Waals surface area contributed by atoms with E-state index >= 15 is 0 Å². The minimum absolute atomic E-state index is 0.0209. The molecule has 0 radical (unpaired) electrons. The van der Waals surface area contributed by atoms with E-state index in [0.29, 0.717) is 19.1 Å². The van der Waals surface area contributed by atoms with Crippen molar-refractivity contribution in [3.8, 4) is 0 Å². The van der Waals surface area contributed by atoms with Gasteiger partial charge in [-0.25, -0.2) is 4.39 Å². The van der Waals surface area contributed by atoms with E-state index in [-0.39, 0.29) is 6.17 Å². The topological polar surface area (TPSA) is 45.7 Å². The Kier molecular flexibility index (Phi) is 2.87. The van der Waals surface area contributed by atoms with Crippen molar-refractivity contribution in [2.45, 2.75) is 18.4 Å². The zero-order valence-corrected chi connectivity index (χ0v) is 7.37. The van der Waals surface area contributed by atoms with Crippen LogP contribution in [0, 0.1) is 0 Å². The highest BCUT2D eigenvalue weighted by Gasteiger charge is 2.19. The Bertz CT molecular complexity index is 188. The number of rotatable bonds is 2. The van der Waals surface area contributed by atoms with Crippen LogP contribution in [0.4, 0.5) is 4.39 Å². The van der Waals surface area contributed by atoms with Crippen LogP contribution in [-0.2, 0) is 4.74 Å². The molecule has 2 heterocycles. The van der Waals surface area contributed by atoms with Crippen molar-refractivity contribution in [3.05, 3.63) is 0 Å². The summed E-state index contributed by atoms with van der Waals surface area (Å²) in [6.45, 7) is 2.25. The number of halogens is 1. The zero-order valence-electron chi connectivity index (χ0n) is 7.37. The predicted molar refractivity (Wildman–Crippen MR) is 47.8 cm³/mol. The van der Waals surface area contributed by atoms with Gasteiger partial charge in [0.2, 0.25) is 0 Å². The summed E-state index contributed by atoms with van der Waals surface area (Å²) in [5, 5.41) is 5.99. The Morgan fingerprint density at radius 3 is 2.54 bits per heavy atom. The monoisotopic (exact) mass is 187 g/mol. The van der Waals surface area contributed by atoms with E-state index in [1.165, 1.54) is 0 Å². The first-order valence-electron chi connectivity index (χ1n) is 4.56. The summed E-state index contributed by atoms with van der Waals surface area (Å²) >= 11 is 0. The molecule has 5 heteroatoms. The largest absolute Gasteiger partial charge is 0.377 e. The van der Waals surface area contributed by atoms with Gasteiger partial charge in [0.05, 0.1) is 25.4 Å². The summed E-state index contributed by atoms with van der Waals surface area (Å²) in [6.07, 6.45) is 1.04. The van der Waals surface area contributed by atoms with Crippen LogP contribution >= 0.6 is 0 Å². The summed E-state index contributed by atoms with van der Waals surface area (Å²) in [6, 6.07) is 0.312. The van der Waals surface area contributed by atoms with E-state index in [2.05, 4.69) is 15.6 Å². The number of aliphatic imine (C=N–C) groups is 1. The van der Waals surface area contributed by atoms with Gasteiger partial charge in [0.15, 0.2) is 0 Å². The van der Waals surface area contributed by atoms with Gasteiger partial charge in [0.25, 0.3) is 0 Å². The summed E-state index contributed by atoms with van der Waals surface area (Å²) in [4.78, 5) is 4.28. The number of hydrogen-bond donors (Lipinski definition) is 2. The van der Waals surface area contributed by atoms with Gasteiger partial charge < -0.3 is 4.74 Å². The number of hydrogen-bond acceptors (Lipinski definition) is 4. The lowest BCUT2D eigenvalue weighted by Gasteiger charge is -2.26. The van der Waals surface area contributed by atoms with Crippen LogP contribution in [0.3, 0.4) is 0 Å². The number of alkyl halides is 1. The first-order valence-corrected chi connectivity index (χ1v) is 4.56. The Balaban J connectivity index is 1.71. The second-order valence-corrected chi connectivity index (χ2v) is 3.38. The van der Waals surface area contributed by atoms with Crippen molar-refractivity contribution in [2.75, 3.05) is 26.3 Å². The molecule has 0 amide bonds. The maximum absolute atomic E-state index is 12.6. The molecule has 0 aromatic carbocycles. The van der Waals surface area contributed by atoms with Crippen molar-refractivity contribution >= 4 is 6.21 Å². The molecule has 2 saturated heterocycles. The standard InChI is InChI=1S/C8H14FN3O/c9-6-1-11-8(12-2-6)3-10-7-4-13-5-7/h3,6-8,11-12H,1-2,4-5H2/b10-3-. The molecule has 0 spiro atoms. The first kappa shape index (κ1) is 9.05. The van der Waals surface area contributed by atoms with Gasteiger partial charge in [-0.2, -0.15) is 0 Å². The fourth-order valence-electron chi connectivity index (χ4n) is 1.28. The second kappa shape index (κ2) is 4.13. The Morgan fingerprint density at radius 1 is 1.31 bits per heavy atom. The Morgan fingerprint density at radius 2 is 2.00 bits per heavy atom. The lowest BCUT2D eigenvalue weighted by molar-refractivity contribution is 0.0133. The molecule has 4 nitrogen and oxygen atoms in total. The van der Waals surface area contributed by atoms with E-state index in [1.54, 1.807) is 6.21 Å². The molecular weight excluding hydrogens is 173 g/mol. The Hall–Kier alpha value is -0.520. The molecule has 2 N–H and O–H groups in total. The fourth-order valence-corrected chi connectivity index (χ4v) is 1.28. The highest BCUT2D eigenvalue weighted by Crippen LogP contribution is 2.04. The van der Waals surface area contributed by atoms with Crippen molar-refractivity contribution in [3.63, 3.8) is 0 Å². The van der Waals surface area contributed by atoms with Gasteiger partial charge in [-0.1, -0.05) is 0 Å². The third-order valence-electron chi connectivity index (χ3n) is 2.18. The average Bonchev–Trinajstić information content (AvgIpc) is 2.05. The van der Waals surface area contributed by atoms with Gasteiger partial charge in [-0.3, -0.25) is 15.6 Å². The van der Waals surface area contributed by atoms with Crippen molar-refractivity contribution in [1.29, 1.82) is 0 Å². The van der Waals surface area contributed by atoms with E-state index in [1.807, 2.05) is 0 Å². The summed E-state index contributed by atoms with van der Waals surface area (Å²) in [5.74, 6) is 0. The van der Waals surface area contributed by atoms with Gasteiger partial charge in [0.1, 0.15) is 6.17 Å². The highest BCUT2D eigenvalue weighted by atomic mass is 19.1. The number of nitrogens with one attached hydrogen (secondary N) is 2. The highest BCUT2D eigenvalue weighted by molar-refractivity contribution is 5.64. The first-order chi connectivity index (χ1) is 6.34. The minimum Gasteiger partial charge on any atom is -0.377 e. The van der Waals surface area contributed by atoms with Crippen molar-refractivity contribution in [2.24, 2.45) is 4.99 Å². The molecule has 0 bridgehead atoms. The molecule has 0 aromatic rings. The molecule has 13 heavy (non-hydrogen) atoms. The zero-order chi connectivity index (χ0) is 9.10. The van der Waals surface area contributed by atoms with Gasteiger partial charge in [-0.05, 0) is 0 Å². The molecule has 0 unspecified atom stereocenters. The normalized spacial score (nSPS) is 36.4. The summed E-state index contributed by atoms with van der Waals surface area (Å²) in [7, 11) is 0. The van der Waals surface area contributed by atoms with Gasteiger partial charge in [-0.15, -0.1) is 0 Å². The number of ether oxygens (including phenoxy) is 1. The fraction of sp³-hybridized carbons (Fsp3) is 0.875. The maximum atomic E-state index is 12.6. The van der Waals surface area contributed by atoms with Crippen LogP contribution in [0.1, 0.15) is 0 Å². The molecule has 2 fully saturated rings. The minimum atomic E-state index is -0.781. The van der Waals surface area contributed by atoms with E-state index in [0.717, 1.165) is 13.2 Å².